The van der Waals surface area contributed by atoms with Gasteiger partial charge in [0, 0.05) is 0 Å². The summed E-state index contributed by atoms with van der Waals surface area (Å²) in [4.78, 5) is 0. The molecule has 1 radical (unpaired) electrons. The molecule has 25 heavy (non-hydrogen) atoms. The van der Waals surface area contributed by atoms with Gasteiger partial charge in [-0.3, -0.25) is 0 Å². The van der Waals surface area contributed by atoms with Crippen LogP contribution in [0.3, 0.4) is 0 Å². The van der Waals surface area contributed by atoms with Crippen molar-refractivity contribution in [2.24, 2.45) is 0 Å². The number of hydrogen-bond donors (Lipinski definition) is 0. The predicted octanol–water partition coefficient (Wildman–Crippen LogP) is 3.06. The number of benzene rings is 4. The first-order valence-corrected chi connectivity index (χ1v) is 15.5. The summed E-state index contributed by atoms with van der Waals surface area (Å²) >= 11 is -3.38. The first-order valence-electron chi connectivity index (χ1n) is 8.54. The first kappa shape index (κ1) is 16.2. The van der Waals surface area contributed by atoms with Crippen LogP contribution in [0, 0.1) is 0 Å². The molecular formula is C24H20Bi. The molecule has 0 unspecified atom stereocenters. The second-order valence-electron chi connectivity index (χ2n) is 6.01. The van der Waals surface area contributed by atoms with Gasteiger partial charge in [0.1, 0.15) is 0 Å². The van der Waals surface area contributed by atoms with Crippen LogP contribution in [0.2, 0.25) is 0 Å². The van der Waals surface area contributed by atoms with Crippen molar-refractivity contribution in [3.05, 3.63) is 121 Å². The van der Waals surface area contributed by atoms with Crippen LogP contribution in [-0.2, 0) is 0 Å². The summed E-state index contributed by atoms with van der Waals surface area (Å²) in [7, 11) is 0. The Bertz CT molecular complexity index is 753. The van der Waals surface area contributed by atoms with E-state index in [0.717, 1.165) is 0 Å². The minimum absolute atomic E-state index is 1.49. The van der Waals surface area contributed by atoms with E-state index in [1.54, 1.807) is 0 Å². The van der Waals surface area contributed by atoms with E-state index in [9.17, 15) is 0 Å². The van der Waals surface area contributed by atoms with Gasteiger partial charge in [-0.25, -0.2) is 0 Å². The molecule has 0 aliphatic heterocycles. The van der Waals surface area contributed by atoms with Crippen LogP contribution in [0.15, 0.2) is 121 Å². The molecular weight excluding hydrogens is 497 g/mol. The van der Waals surface area contributed by atoms with Crippen LogP contribution in [0.25, 0.3) is 0 Å². The zero-order chi connectivity index (χ0) is 17.0. The Morgan fingerprint density at radius 3 is 0.680 bits per heavy atom. The summed E-state index contributed by atoms with van der Waals surface area (Å²) in [5, 5.41) is 0. The Morgan fingerprint density at radius 2 is 0.480 bits per heavy atom. The summed E-state index contributed by atoms with van der Waals surface area (Å²) in [6, 6.07) is 44.5. The fourth-order valence-electron chi connectivity index (χ4n) is 3.50. The minimum atomic E-state index is -3.38. The fourth-order valence-corrected chi connectivity index (χ4v) is 20.1. The monoisotopic (exact) mass is 517 g/mol. The Kier molecular flexibility index (Phi) is 4.77. The molecule has 0 bridgehead atoms. The maximum absolute atomic E-state index is 3.38. The molecule has 4 aromatic carbocycles. The molecule has 0 N–H and O–H groups in total. The van der Waals surface area contributed by atoms with E-state index in [2.05, 4.69) is 121 Å². The Hall–Kier alpha value is -2.24. The van der Waals surface area contributed by atoms with Gasteiger partial charge in [0.2, 0.25) is 0 Å². The van der Waals surface area contributed by atoms with E-state index in [0.29, 0.717) is 0 Å². The molecule has 0 nitrogen and oxygen atoms in total. The van der Waals surface area contributed by atoms with Crippen molar-refractivity contribution in [3.63, 3.8) is 0 Å². The summed E-state index contributed by atoms with van der Waals surface area (Å²) in [5.41, 5.74) is 0. The summed E-state index contributed by atoms with van der Waals surface area (Å²) in [5.74, 6) is 0. The number of rotatable bonds is 4. The quantitative estimate of drug-likeness (QED) is 0.366. The van der Waals surface area contributed by atoms with E-state index in [1.165, 1.54) is 13.1 Å². The van der Waals surface area contributed by atoms with E-state index >= 15 is 0 Å². The van der Waals surface area contributed by atoms with Gasteiger partial charge in [-0.2, -0.15) is 0 Å². The zero-order valence-electron chi connectivity index (χ0n) is 14.0. The third-order valence-electron chi connectivity index (χ3n) is 4.57. The SMILES string of the molecule is c1cc[c]([Bi]([c]2ccccc2)([c]2ccccc2)[c]2ccccc2)cc1. The van der Waals surface area contributed by atoms with E-state index in [-0.39, 0.29) is 0 Å². The molecule has 0 atom stereocenters. The molecule has 0 aliphatic rings. The van der Waals surface area contributed by atoms with E-state index in [4.69, 9.17) is 0 Å². The molecule has 0 fully saturated rings. The topological polar surface area (TPSA) is 0 Å². The predicted molar refractivity (Wildman–Crippen MR) is 110 cm³/mol. The molecule has 0 amide bonds. The van der Waals surface area contributed by atoms with E-state index < -0.39 is 20.3 Å². The van der Waals surface area contributed by atoms with Crippen molar-refractivity contribution >= 4 is 33.4 Å². The molecule has 4 aromatic rings. The van der Waals surface area contributed by atoms with Crippen molar-refractivity contribution in [1.82, 2.24) is 0 Å². The van der Waals surface area contributed by atoms with Crippen molar-refractivity contribution in [1.29, 1.82) is 0 Å². The number of hydrogen-bond acceptors (Lipinski definition) is 0. The average molecular weight is 517 g/mol. The van der Waals surface area contributed by atoms with Crippen LogP contribution in [0.1, 0.15) is 0 Å². The fraction of sp³-hybridized carbons (Fsp3) is 0. The third-order valence-corrected chi connectivity index (χ3v) is 21.3. The van der Waals surface area contributed by atoms with Gasteiger partial charge in [-0.05, 0) is 0 Å². The molecule has 0 saturated heterocycles. The van der Waals surface area contributed by atoms with Crippen molar-refractivity contribution in [2.45, 2.75) is 0 Å². The Labute approximate surface area is 154 Å². The molecule has 0 aromatic heterocycles. The molecule has 4 rings (SSSR count). The van der Waals surface area contributed by atoms with Gasteiger partial charge in [-0.1, -0.05) is 0 Å². The summed E-state index contributed by atoms with van der Waals surface area (Å²) in [6.45, 7) is 0. The van der Waals surface area contributed by atoms with Crippen molar-refractivity contribution in [3.8, 4) is 0 Å². The Balaban J connectivity index is 2.13. The Morgan fingerprint density at radius 1 is 0.280 bits per heavy atom. The summed E-state index contributed by atoms with van der Waals surface area (Å²) < 4.78 is 5.97. The van der Waals surface area contributed by atoms with Crippen molar-refractivity contribution < 1.29 is 0 Å². The first-order chi connectivity index (χ1) is 12.4. The van der Waals surface area contributed by atoms with Gasteiger partial charge < -0.3 is 0 Å². The molecule has 0 spiro atoms. The van der Waals surface area contributed by atoms with E-state index in [1.807, 2.05) is 0 Å². The summed E-state index contributed by atoms with van der Waals surface area (Å²) in [6.07, 6.45) is 0. The molecule has 0 saturated carbocycles. The van der Waals surface area contributed by atoms with Gasteiger partial charge >= 0.3 is 155 Å². The zero-order valence-corrected chi connectivity index (χ0v) is 17.5. The van der Waals surface area contributed by atoms with Crippen LogP contribution in [-0.4, -0.2) is 20.3 Å². The van der Waals surface area contributed by atoms with Crippen LogP contribution in [0.4, 0.5) is 0 Å². The standard InChI is InChI=1S/4C6H5.Bi/c4*1-2-4-6-5-3-1;/h4*1-5H;. The molecule has 121 valence electrons. The van der Waals surface area contributed by atoms with Crippen LogP contribution in [0.5, 0.6) is 0 Å². The normalized spacial score (nSPS) is 11.2. The average Bonchev–Trinajstić information content (AvgIpc) is 2.72. The molecule has 0 heterocycles. The molecule has 0 aliphatic carbocycles. The molecule has 1 heteroatoms. The van der Waals surface area contributed by atoms with Crippen LogP contribution >= 0.6 is 0 Å². The van der Waals surface area contributed by atoms with Gasteiger partial charge in [0.25, 0.3) is 0 Å². The van der Waals surface area contributed by atoms with Crippen molar-refractivity contribution in [2.75, 3.05) is 0 Å². The van der Waals surface area contributed by atoms with Gasteiger partial charge in [-0.15, -0.1) is 0 Å². The van der Waals surface area contributed by atoms with Gasteiger partial charge in [0.15, 0.2) is 0 Å². The third kappa shape index (κ3) is 2.94. The van der Waals surface area contributed by atoms with Crippen LogP contribution < -0.4 is 13.1 Å². The van der Waals surface area contributed by atoms with Gasteiger partial charge in [0.05, 0.1) is 0 Å². The second kappa shape index (κ2) is 7.34. The maximum atomic E-state index is 2.32. The second-order valence-corrected chi connectivity index (χ2v) is 19.3.